The number of carbonyl (C=O) groups is 1. The van der Waals surface area contributed by atoms with Crippen LogP contribution in [0.4, 0.5) is 11.5 Å². The van der Waals surface area contributed by atoms with Gasteiger partial charge in [-0.15, -0.1) is 10.2 Å². The monoisotopic (exact) mass is 478 g/mol. The summed E-state index contributed by atoms with van der Waals surface area (Å²) >= 11 is 13.2. The summed E-state index contributed by atoms with van der Waals surface area (Å²) in [7, 11) is 1.89. The molecular formula is C21H24Cl2N6OS. The molecule has 0 fully saturated rings. The highest BCUT2D eigenvalue weighted by molar-refractivity contribution is 8.00. The third kappa shape index (κ3) is 5.50. The van der Waals surface area contributed by atoms with E-state index in [1.165, 1.54) is 29.7 Å². The van der Waals surface area contributed by atoms with Gasteiger partial charge in [0.2, 0.25) is 5.91 Å². The zero-order valence-electron chi connectivity index (χ0n) is 17.8. The Bertz CT molecular complexity index is 1050. The fraction of sp³-hybridized carbons (Fsp3) is 0.333. The van der Waals surface area contributed by atoms with Gasteiger partial charge in [0.15, 0.2) is 16.8 Å². The number of hydrogen-bond donors (Lipinski definition) is 1. The van der Waals surface area contributed by atoms with E-state index in [-0.39, 0.29) is 16.7 Å². The Balaban J connectivity index is 1.70. The van der Waals surface area contributed by atoms with Gasteiger partial charge in [-0.25, -0.2) is 4.98 Å². The van der Waals surface area contributed by atoms with E-state index in [0.29, 0.717) is 10.2 Å². The molecular weight excluding hydrogens is 455 g/mol. The first kappa shape index (κ1) is 23.4. The van der Waals surface area contributed by atoms with Crippen LogP contribution >= 0.6 is 35.0 Å². The number of nitrogens with one attached hydrogen (secondary N) is 1. The van der Waals surface area contributed by atoms with Crippen molar-refractivity contribution in [3.63, 3.8) is 0 Å². The first-order valence-electron chi connectivity index (χ1n) is 9.87. The smallest absolute Gasteiger partial charge is 0.238 e. The van der Waals surface area contributed by atoms with E-state index >= 15 is 0 Å². The summed E-state index contributed by atoms with van der Waals surface area (Å²) in [5.41, 5.74) is 2.14. The van der Waals surface area contributed by atoms with Crippen molar-refractivity contribution in [3.05, 3.63) is 46.6 Å². The normalized spacial score (nSPS) is 11.9. The molecule has 10 heteroatoms. The van der Waals surface area contributed by atoms with Crippen molar-refractivity contribution in [3.8, 4) is 11.4 Å². The maximum Gasteiger partial charge on any atom is 0.238 e. The van der Waals surface area contributed by atoms with Crippen molar-refractivity contribution in [1.82, 2.24) is 19.7 Å². The molecule has 7 nitrogen and oxygen atoms in total. The molecule has 3 rings (SSSR count). The highest BCUT2D eigenvalue weighted by atomic mass is 35.5. The van der Waals surface area contributed by atoms with Crippen LogP contribution in [-0.4, -0.2) is 44.0 Å². The van der Waals surface area contributed by atoms with Crippen molar-refractivity contribution < 1.29 is 4.79 Å². The van der Waals surface area contributed by atoms with E-state index in [0.717, 1.165) is 24.5 Å². The van der Waals surface area contributed by atoms with Gasteiger partial charge in [-0.2, -0.15) is 0 Å². The average Bonchev–Trinajstić information content (AvgIpc) is 3.11. The number of rotatable bonds is 8. The molecule has 1 N–H and O–H groups in total. The van der Waals surface area contributed by atoms with Crippen LogP contribution in [0.5, 0.6) is 0 Å². The second kappa shape index (κ2) is 10.3. The fourth-order valence-electron chi connectivity index (χ4n) is 3.02. The Morgan fingerprint density at radius 1 is 1.19 bits per heavy atom. The fourth-order valence-corrected chi connectivity index (χ4v) is 4.26. The minimum atomic E-state index is -0.436. The molecule has 3 aromatic rings. The van der Waals surface area contributed by atoms with Crippen LogP contribution in [0.1, 0.15) is 20.8 Å². The maximum absolute atomic E-state index is 12.6. The summed E-state index contributed by atoms with van der Waals surface area (Å²) in [6, 6.07) is 9.78. The Morgan fingerprint density at radius 2 is 1.87 bits per heavy atom. The molecule has 0 aliphatic rings. The standard InChI is InChI=1S/C21H24Cl2N6OS/c1-5-29(6-2)16-9-7-14(8-10-16)19-26-27-21(28(19)4)31-13(3)20(30)25-18-17(23)11-15(22)12-24-18/h7-13H,5-6H2,1-4H3,(H,24,25,30). The van der Waals surface area contributed by atoms with E-state index in [2.05, 4.69) is 51.4 Å². The van der Waals surface area contributed by atoms with Crippen LogP contribution in [-0.2, 0) is 11.8 Å². The number of thioether (sulfide) groups is 1. The highest BCUT2D eigenvalue weighted by Crippen LogP contribution is 2.28. The minimum absolute atomic E-state index is 0.241. The summed E-state index contributed by atoms with van der Waals surface area (Å²) in [5, 5.41) is 12.2. The first-order chi connectivity index (χ1) is 14.8. The lowest BCUT2D eigenvalue weighted by Gasteiger charge is -2.21. The third-order valence-corrected chi connectivity index (χ3v) is 6.42. The molecule has 164 valence electrons. The molecule has 1 amide bonds. The lowest BCUT2D eigenvalue weighted by atomic mass is 10.2. The van der Waals surface area contributed by atoms with E-state index in [4.69, 9.17) is 23.2 Å². The average molecular weight is 479 g/mol. The van der Waals surface area contributed by atoms with Gasteiger partial charge < -0.3 is 14.8 Å². The number of hydrogen-bond acceptors (Lipinski definition) is 6. The molecule has 1 atom stereocenters. The summed E-state index contributed by atoms with van der Waals surface area (Å²) < 4.78 is 1.88. The summed E-state index contributed by atoms with van der Waals surface area (Å²) in [5.74, 6) is 0.772. The molecule has 0 radical (unpaired) electrons. The lowest BCUT2D eigenvalue weighted by molar-refractivity contribution is -0.115. The van der Waals surface area contributed by atoms with Gasteiger partial charge in [0, 0.05) is 37.6 Å². The molecule has 0 bridgehead atoms. The van der Waals surface area contributed by atoms with Gasteiger partial charge >= 0.3 is 0 Å². The van der Waals surface area contributed by atoms with Crippen molar-refractivity contribution >= 4 is 52.4 Å². The second-order valence-corrected chi connectivity index (χ2v) is 8.97. The first-order valence-corrected chi connectivity index (χ1v) is 11.5. The molecule has 2 heterocycles. The van der Waals surface area contributed by atoms with Crippen LogP contribution < -0.4 is 10.2 Å². The lowest BCUT2D eigenvalue weighted by Crippen LogP contribution is -2.23. The van der Waals surface area contributed by atoms with E-state index in [9.17, 15) is 4.79 Å². The predicted molar refractivity (Wildman–Crippen MR) is 128 cm³/mol. The quantitative estimate of drug-likeness (QED) is 0.451. The van der Waals surface area contributed by atoms with Crippen molar-refractivity contribution in [2.75, 3.05) is 23.3 Å². The second-order valence-electron chi connectivity index (χ2n) is 6.82. The Kier molecular flexibility index (Phi) is 7.80. The van der Waals surface area contributed by atoms with Gasteiger partial charge in [0.1, 0.15) is 0 Å². The molecule has 31 heavy (non-hydrogen) atoms. The van der Waals surface area contributed by atoms with Crippen LogP contribution in [0.3, 0.4) is 0 Å². The van der Waals surface area contributed by atoms with Gasteiger partial charge in [0.05, 0.1) is 15.3 Å². The largest absolute Gasteiger partial charge is 0.372 e. The number of amides is 1. The zero-order valence-corrected chi connectivity index (χ0v) is 20.1. The van der Waals surface area contributed by atoms with Gasteiger partial charge in [0.25, 0.3) is 0 Å². The molecule has 1 aromatic carbocycles. The summed E-state index contributed by atoms with van der Waals surface area (Å²) in [6.45, 7) is 7.97. The number of nitrogens with zero attached hydrogens (tertiary/aromatic N) is 5. The number of pyridine rings is 1. The number of anilines is 2. The number of halogens is 2. The third-order valence-electron chi connectivity index (χ3n) is 4.79. The van der Waals surface area contributed by atoms with Gasteiger partial charge in [-0.05, 0) is 51.1 Å². The molecule has 2 aromatic heterocycles. The molecule has 0 saturated carbocycles. The Hall–Kier alpha value is -2.29. The Labute approximate surface area is 196 Å². The molecule has 1 unspecified atom stereocenters. The van der Waals surface area contributed by atoms with Crippen molar-refractivity contribution in [2.24, 2.45) is 7.05 Å². The molecule has 0 saturated heterocycles. The number of aromatic nitrogens is 4. The van der Waals surface area contributed by atoms with Crippen LogP contribution in [0, 0.1) is 0 Å². The molecule has 0 aliphatic heterocycles. The highest BCUT2D eigenvalue weighted by Gasteiger charge is 2.20. The summed E-state index contributed by atoms with van der Waals surface area (Å²) in [4.78, 5) is 18.9. The van der Waals surface area contributed by atoms with Crippen LogP contribution in [0.25, 0.3) is 11.4 Å². The topological polar surface area (TPSA) is 75.9 Å². The van der Waals surface area contributed by atoms with Crippen LogP contribution in [0.2, 0.25) is 10.0 Å². The SMILES string of the molecule is CCN(CC)c1ccc(-c2nnc(SC(C)C(=O)Nc3ncc(Cl)cc3Cl)n2C)cc1. The van der Waals surface area contributed by atoms with E-state index in [1.807, 2.05) is 23.7 Å². The maximum atomic E-state index is 12.6. The minimum Gasteiger partial charge on any atom is -0.372 e. The van der Waals surface area contributed by atoms with E-state index in [1.54, 1.807) is 6.92 Å². The number of carbonyl (C=O) groups excluding carboxylic acids is 1. The van der Waals surface area contributed by atoms with Crippen molar-refractivity contribution in [1.29, 1.82) is 0 Å². The van der Waals surface area contributed by atoms with Crippen LogP contribution in [0.15, 0.2) is 41.7 Å². The van der Waals surface area contributed by atoms with Gasteiger partial charge in [-0.3, -0.25) is 4.79 Å². The summed E-state index contributed by atoms with van der Waals surface area (Å²) in [6.07, 6.45) is 1.43. The Morgan fingerprint density at radius 3 is 2.48 bits per heavy atom. The predicted octanol–water partition coefficient (Wildman–Crippen LogP) is 5.15. The zero-order chi connectivity index (χ0) is 22.5. The molecule has 0 spiro atoms. The number of benzene rings is 1. The van der Waals surface area contributed by atoms with Crippen molar-refractivity contribution in [2.45, 2.75) is 31.2 Å². The van der Waals surface area contributed by atoms with Gasteiger partial charge in [-0.1, -0.05) is 35.0 Å². The van der Waals surface area contributed by atoms with E-state index < -0.39 is 5.25 Å². The molecule has 0 aliphatic carbocycles.